The predicted octanol–water partition coefficient (Wildman–Crippen LogP) is 2.62. The minimum atomic E-state index is -0.818. The molecule has 0 fully saturated rings. The van der Waals surface area contributed by atoms with Crippen molar-refractivity contribution in [1.82, 2.24) is 0 Å². The standard InChI is InChI=1S/C11H9IO2/c1-11(10(13)5-6-14-11)8-3-2-4-9(12)7-8/h2-7H,1H3. The van der Waals surface area contributed by atoms with Crippen LogP contribution in [-0.4, -0.2) is 5.78 Å². The molecular formula is C11H9IO2. The average molecular weight is 300 g/mol. The van der Waals surface area contributed by atoms with Gasteiger partial charge in [0.25, 0.3) is 0 Å². The number of carbonyl (C=O) groups excluding carboxylic acids is 1. The molecule has 2 nitrogen and oxygen atoms in total. The van der Waals surface area contributed by atoms with E-state index in [-0.39, 0.29) is 5.78 Å². The van der Waals surface area contributed by atoms with Gasteiger partial charge in [-0.15, -0.1) is 0 Å². The maximum absolute atomic E-state index is 11.6. The summed E-state index contributed by atoms with van der Waals surface area (Å²) in [5.41, 5.74) is 0.0840. The summed E-state index contributed by atoms with van der Waals surface area (Å²) in [6, 6.07) is 7.79. The summed E-state index contributed by atoms with van der Waals surface area (Å²) >= 11 is 2.22. The highest BCUT2D eigenvalue weighted by Crippen LogP contribution is 2.31. The Labute approximate surface area is 96.1 Å². The van der Waals surface area contributed by atoms with E-state index in [4.69, 9.17) is 4.74 Å². The van der Waals surface area contributed by atoms with Gasteiger partial charge in [-0.1, -0.05) is 12.1 Å². The van der Waals surface area contributed by atoms with Crippen LogP contribution in [0, 0.1) is 3.57 Å². The van der Waals surface area contributed by atoms with Gasteiger partial charge in [-0.05, 0) is 41.6 Å². The Bertz CT molecular complexity index is 412. The van der Waals surface area contributed by atoms with Gasteiger partial charge in [0, 0.05) is 15.2 Å². The fraction of sp³-hybridized carbons (Fsp3) is 0.182. The van der Waals surface area contributed by atoms with E-state index in [0.717, 1.165) is 9.13 Å². The third kappa shape index (κ3) is 1.45. The first-order valence-corrected chi connectivity index (χ1v) is 5.36. The maximum Gasteiger partial charge on any atom is 0.206 e. The van der Waals surface area contributed by atoms with E-state index in [1.807, 2.05) is 24.3 Å². The van der Waals surface area contributed by atoms with Crippen LogP contribution in [0.3, 0.4) is 0 Å². The van der Waals surface area contributed by atoms with Crippen molar-refractivity contribution in [1.29, 1.82) is 0 Å². The molecule has 0 aliphatic carbocycles. The minimum absolute atomic E-state index is 0.000463. The smallest absolute Gasteiger partial charge is 0.206 e. The van der Waals surface area contributed by atoms with E-state index >= 15 is 0 Å². The molecule has 1 aromatic rings. The molecule has 0 spiro atoms. The number of hydrogen-bond acceptors (Lipinski definition) is 2. The molecule has 0 N–H and O–H groups in total. The van der Waals surface area contributed by atoms with Crippen LogP contribution >= 0.6 is 22.6 Å². The summed E-state index contributed by atoms with van der Waals surface area (Å²) in [6.07, 6.45) is 2.93. The molecule has 1 aliphatic heterocycles. The number of ketones is 1. The van der Waals surface area contributed by atoms with Crippen LogP contribution in [0.25, 0.3) is 0 Å². The van der Waals surface area contributed by atoms with E-state index in [1.165, 1.54) is 12.3 Å². The SMILES string of the molecule is CC1(c2cccc(I)c2)OC=CC1=O. The first-order chi connectivity index (χ1) is 6.63. The van der Waals surface area contributed by atoms with Gasteiger partial charge in [-0.3, -0.25) is 4.79 Å². The van der Waals surface area contributed by atoms with Crippen molar-refractivity contribution in [2.45, 2.75) is 12.5 Å². The molecule has 2 rings (SSSR count). The largest absolute Gasteiger partial charge is 0.482 e. The van der Waals surface area contributed by atoms with Gasteiger partial charge in [-0.25, -0.2) is 0 Å². The van der Waals surface area contributed by atoms with Crippen molar-refractivity contribution in [3.63, 3.8) is 0 Å². The summed E-state index contributed by atoms with van der Waals surface area (Å²) in [5, 5.41) is 0. The van der Waals surface area contributed by atoms with Crippen molar-refractivity contribution in [2.75, 3.05) is 0 Å². The average Bonchev–Trinajstić information content (AvgIpc) is 2.49. The lowest BCUT2D eigenvalue weighted by Gasteiger charge is -2.22. The Hall–Kier alpha value is -0.840. The number of rotatable bonds is 1. The Kier molecular flexibility index (Phi) is 2.34. The maximum atomic E-state index is 11.6. The second-order valence-electron chi connectivity index (χ2n) is 3.33. The Balaban J connectivity index is 2.45. The van der Waals surface area contributed by atoms with Crippen LogP contribution in [0.15, 0.2) is 36.6 Å². The zero-order valence-electron chi connectivity index (χ0n) is 7.66. The van der Waals surface area contributed by atoms with E-state index in [1.54, 1.807) is 6.92 Å². The van der Waals surface area contributed by atoms with E-state index in [0.29, 0.717) is 0 Å². The molecule has 1 aliphatic rings. The van der Waals surface area contributed by atoms with Gasteiger partial charge in [0.15, 0.2) is 5.60 Å². The Morgan fingerprint density at radius 2 is 2.21 bits per heavy atom. The fourth-order valence-electron chi connectivity index (χ4n) is 1.44. The lowest BCUT2D eigenvalue weighted by molar-refractivity contribution is -0.128. The van der Waals surface area contributed by atoms with Crippen LogP contribution < -0.4 is 0 Å². The number of halogens is 1. The van der Waals surface area contributed by atoms with Crippen molar-refractivity contribution in [2.24, 2.45) is 0 Å². The van der Waals surface area contributed by atoms with E-state index in [9.17, 15) is 4.79 Å². The van der Waals surface area contributed by atoms with Crippen LogP contribution in [-0.2, 0) is 15.1 Å². The molecule has 0 bridgehead atoms. The fourth-order valence-corrected chi connectivity index (χ4v) is 1.99. The number of ether oxygens (including phenoxy) is 1. The van der Waals surface area contributed by atoms with E-state index < -0.39 is 5.60 Å². The van der Waals surface area contributed by atoms with Gasteiger partial charge >= 0.3 is 0 Å². The molecular weight excluding hydrogens is 291 g/mol. The molecule has 0 saturated heterocycles. The highest BCUT2D eigenvalue weighted by Gasteiger charge is 2.38. The molecule has 0 saturated carbocycles. The van der Waals surface area contributed by atoms with Gasteiger partial charge in [0.05, 0.1) is 6.26 Å². The zero-order chi connectivity index (χ0) is 10.2. The summed E-state index contributed by atoms with van der Waals surface area (Å²) in [6.45, 7) is 1.79. The Morgan fingerprint density at radius 3 is 2.79 bits per heavy atom. The highest BCUT2D eigenvalue weighted by molar-refractivity contribution is 14.1. The molecule has 72 valence electrons. The molecule has 1 atom stereocenters. The zero-order valence-corrected chi connectivity index (χ0v) is 9.82. The topological polar surface area (TPSA) is 26.3 Å². The minimum Gasteiger partial charge on any atom is -0.482 e. The Morgan fingerprint density at radius 1 is 1.43 bits per heavy atom. The number of hydrogen-bond donors (Lipinski definition) is 0. The lowest BCUT2D eigenvalue weighted by Crippen LogP contribution is -2.29. The second kappa shape index (κ2) is 3.38. The van der Waals surface area contributed by atoms with Crippen molar-refractivity contribution >= 4 is 28.4 Å². The summed E-state index contributed by atoms with van der Waals surface area (Å²) in [4.78, 5) is 11.6. The lowest BCUT2D eigenvalue weighted by atomic mass is 9.92. The van der Waals surface area contributed by atoms with Gasteiger partial charge in [-0.2, -0.15) is 0 Å². The molecule has 3 heteroatoms. The molecule has 1 aromatic carbocycles. The van der Waals surface area contributed by atoms with Crippen molar-refractivity contribution in [3.8, 4) is 0 Å². The molecule has 14 heavy (non-hydrogen) atoms. The predicted molar refractivity (Wildman–Crippen MR) is 61.7 cm³/mol. The summed E-state index contributed by atoms with van der Waals surface area (Å²) < 4.78 is 6.46. The summed E-state index contributed by atoms with van der Waals surface area (Å²) in [5.74, 6) is -0.000463. The first-order valence-electron chi connectivity index (χ1n) is 4.28. The second-order valence-corrected chi connectivity index (χ2v) is 4.57. The van der Waals surface area contributed by atoms with Gasteiger partial charge in [0.2, 0.25) is 5.78 Å². The molecule has 1 unspecified atom stereocenters. The van der Waals surface area contributed by atoms with Crippen LogP contribution in [0.4, 0.5) is 0 Å². The molecule has 0 aromatic heterocycles. The van der Waals surface area contributed by atoms with E-state index in [2.05, 4.69) is 22.6 Å². The van der Waals surface area contributed by atoms with Crippen LogP contribution in [0.2, 0.25) is 0 Å². The first kappa shape index (κ1) is 9.71. The van der Waals surface area contributed by atoms with Crippen LogP contribution in [0.1, 0.15) is 12.5 Å². The molecule has 0 amide bonds. The monoisotopic (exact) mass is 300 g/mol. The normalized spacial score (nSPS) is 25.1. The number of benzene rings is 1. The number of carbonyl (C=O) groups is 1. The third-order valence-corrected chi connectivity index (χ3v) is 3.04. The van der Waals surface area contributed by atoms with Gasteiger partial charge < -0.3 is 4.74 Å². The third-order valence-electron chi connectivity index (χ3n) is 2.37. The van der Waals surface area contributed by atoms with Crippen molar-refractivity contribution < 1.29 is 9.53 Å². The summed E-state index contributed by atoms with van der Waals surface area (Å²) in [7, 11) is 0. The van der Waals surface area contributed by atoms with Crippen LogP contribution in [0.5, 0.6) is 0 Å². The van der Waals surface area contributed by atoms with Crippen molar-refractivity contribution in [3.05, 3.63) is 45.7 Å². The highest BCUT2D eigenvalue weighted by atomic mass is 127. The molecule has 1 heterocycles. The molecule has 0 radical (unpaired) electrons. The van der Waals surface area contributed by atoms with Gasteiger partial charge in [0.1, 0.15) is 0 Å². The quantitative estimate of drug-likeness (QED) is 0.745.